The summed E-state index contributed by atoms with van der Waals surface area (Å²) in [6.45, 7) is 5.58. The molecule has 1 aliphatic heterocycles. The molecule has 0 saturated carbocycles. The number of fused-ring (bicyclic) bond motifs is 1. The Morgan fingerprint density at radius 2 is 1.81 bits per heavy atom. The molecule has 5 rings (SSSR count). The van der Waals surface area contributed by atoms with Gasteiger partial charge in [0.1, 0.15) is 10.7 Å². The Balaban J connectivity index is 1.47. The second-order valence-corrected chi connectivity index (χ2v) is 7.70. The van der Waals surface area contributed by atoms with Crippen molar-refractivity contribution in [1.82, 2.24) is 15.2 Å². The standard InChI is InChI=1S/C21H20N4OS/c1-14-20(15-6-8-16(9-7-15)25-10-12-26-13-11-25)27-21(22-14)19-17-4-2-3-5-18(17)23-24-19/h2-9H,10-13H2,1H3,(H,23,24). The fourth-order valence-electron chi connectivity index (χ4n) is 3.54. The van der Waals surface area contributed by atoms with E-state index in [0.29, 0.717) is 0 Å². The number of rotatable bonds is 3. The summed E-state index contributed by atoms with van der Waals surface area (Å²) in [4.78, 5) is 8.37. The molecule has 3 heterocycles. The van der Waals surface area contributed by atoms with Crippen molar-refractivity contribution in [2.45, 2.75) is 6.92 Å². The smallest absolute Gasteiger partial charge is 0.145 e. The van der Waals surface area contributed by atoms with Crippen LogP contribution < -0.4 is 4.90 Å². The molecule has 2 aromatic carbocycles. The van der Waals surface area contributed by atoms with Gasteiger partial charge in [-0.1, -0.05) is 30.3 Å². The van der Waals surface area contributed by atoms with Gasteiger partial charge in [-0.25, -0.2) is 4.98 Å². The van der Waals surface area contributed by atoms with Crippen LogP contribution in [-0.4, -0.2) is 41.5 Å². The van der Waals surface area contributed by atoms with E-state index in [1.807, 2.05) is 18.2 Å². The zero-order chi connectivity index (χ0) is 18.2. The summed E-state index contributed by atoms with van der Waals surface area (Å²) in [7, 11) is 0. The summed E-state index contributed by atoms with van der Waals surface area (Å²) in [5.74, 6) is 0. The van der Waals surface area contributed by atoms with Gasteiger partial charge in [-0.05, 0) is 30.7 Å². The number of anilines is 1. The third-order valence-corrected chi connectivity index (χ3v) is 6.19. The molecule has 0 atom stereocenters. The summed E-state index contributed by atoms with van der Waals surface area (Å²) in [6.07, 6.45) is 0. The summed E-state index contributed by atoms with van der Waals surface area (Å²) < 4.78 is 5.44. The third-order valence-electron chi connectivity index (χ3n) is 4.98. The highest BCUT2D eigenvalue weighted by Crippen LogP contribution is 2.37. The SMILES string of the molecule is Cc1nc(-c2n[nH]c3ccccc23)sc1-c1ccc(N2CCOCC2)cc1. The molecule has 136 valence electrons. The van der Waals surface area contributed by atoms with Crippen LogP contribution >= 0.6 is 11.3 Å². The predicted octanol–water partition coefficient (Wildman–Crippen LogP) is 4.50. The highest BCUT2D eigenvalue weighted by atomic mass is 32.1. The lowest BCUT2D eigenvalue weighted by Crippen LogP contribution is -2.36. The van der Waals surface area contributed by atoms with Crippen LogP contribution in [0.25, 0.3) is 32.0 Å². The van der Waals surface area contributed by atoms with Crippen molar-refractivity contribution >= 4 is 27.9 Å². The molecule has 0 amide bonds. The number of hydrogen-bond acceptors (Lipinski definition) is 5. The summed E-state index contributed by atoms with van der Waals surface area (Å²) in [5, 5.41) is 9.66. The van der Waals surface area contributed by atoms with Crippen LogP contribution in [-0.2, 0) is 4.74 Å². The second-order valence-electron chi connectivity index (χ2n) is 6.70. The zero-order valence-corrected chi connectivity index (χ0v) is 15.9. The maximum Gasteiger partial charge on any atom is 0.145 e. The van der Waals surface area contributed by atoms with Crippen molar-refractivity contribution in [2.24, 2.45) is 0 Å². The molecule has 0 bridgehead atoms. The van der Waals surface area contributed by atoms with E-state index in [2.05, 4.69) is 52.4 Å². The fraction of sp³-hybridized carbons (Fsp3) is 0.238. The van der Waals surface area contributed by atoms with Gasteiger partial charge in [0.05, 0.1) is 29.3 Å². The van der Waals surface area contributed by atoms with Crippen molar-refractivity contribution in [1.29, 1.82) is 0 Å². The van der Waals surface area contributed by atoms with Gasteiger partial charge in [-0.2, -0.15) is 5.10 Å². The zero-order valence-electron chi connectivity index (χ0n) is 15.1. The van der Waals surface area contributed by atoms with Gasteiger partial charge in [0, 0.05) is 24.2 Å². The Hall–Kier alpha value is -2.70. The number of para-hydroxylation sites is 1. The molecule has 6 heteroatoms. The largest absolute Gasteiger partial charge is 0.378 e. The van der Waals surface area contributed by atoms with Gasteiger partial charge < -0.3 is 9.64 Å². The molecular formula is C21H20N4OS. The van der Waals surface area contributed by atoms with Crippen LogP contribution in [0.3, 0.4) is 0 Å². The Labute approximate surface area is 161 Å². The van der Waals surface area contributed by atoms with Crippen molar-refractivity contribution < 1.29 is 4.74 Å². The molecule has 4 aromatic rings. The highest BCUT2D eigenvalue weighted by Gasteiger charge is 2.16. The monoisotopic (exact) mass is 376 g/mol. The Bertz CT molecular complexity index is 1080. The van der Waals surface area contributed by atoms with Crippen LogP contribution in [0, 0.1) is 6.92 Å². The third kappa shape index (κ3) is 3.01. The highest BCUT2D eigenvalue weighted by molar-refractivity contribution is 7.18. The number of thiazole rings is 1. The molecule has 1 N–H and O–H groups in total. The first-order valence-corrected chi connectivity index (χ1v) is 9.95. The van der Waals surface area contributed by atoms with Gasteiger partial charge in [0.25, 0.3) is 0 Å². The number of nitrogens with zero attached hydrogens (tertiary/aromatic N) is 3. The van der Waals surface area contributed by atoms with Crippen LogP contribution in [0.15, 0.2) is 48.5 Å². The molecule has 5 nitrogen and oxygen atoms in total. The van der Waals surface area contributed by atoms with E-state index in [9.17, 15) is 0 Å². The van der Waals surface area contributed by atoms with Crippen LogP contribution in [0.5, 0.6) is 0 Å². The van der Waals surface area contributed by atoms with Gasteiger partial charge in [0.15, 0.2) is 0 Å². The van der Waals surface area contributed by atoms with E-state index in [0.717, 1.165) is 53.6 Å². The number of aromatic nitrogens is 3. The predicted molar refractivity (Wildman–Crippen MR) is 110 cm³/mol. The number of morpholine rings is 1. The van der Waals surface area contributed by atoms with Crippen molar-refractivity contribution in [3.63, 3.8) is 0 Å². The Morgan fingerprint density at radius 1 is 1.04 bits per heavy atom. The van der Waals surface area contributed by atoms with Crippen LogP contribution in [0.4, 0.5) is 5.69 Å². The quantitative estimate of drug-likeness (QED) is 0.572. The van der Waals surface area contributed by atoms with E-state index in [4.69, 9.17) is 9.72 Å². The van der Waals surface area contributed by atoms with Crippen LogP contribution in [0.1, 0.15) is 5.69 Å². The van der Waals surface area contributed by atoms with Crippen molar-refractivity contribution in [2.75, 3.05) is 31.2 Å². The molecule has 1 aliphatic rings. The second kappa shape index (κ2) is 6.79. The molecule has 0 unspecified atom stereocenters. The first-order chi connectivity index (χ1) is 13.3. The molecule has 1 saturated heterocycles. The molecule has 0 radical (unpaired) electrons. The van der Waals surface area contributed by atoms with E-state index in [1.54, 1.807) is 11.3 Å². The maximum absolute atomic E-state index is 5.44. The molecular weight excluding hydrogens is 356 g/mol. The number of aryl methyl sites for hydroxylation is 1. The molecule has 1 fully saturated rings. The minimum absolute atomic E-state index is 0.802. The number of aromatic amines is 1. The van der Waals surface area contributed by atoms with Crippen molar-refractivity contribution in [3.8, 4) is 21.1 Å². The fourth-order valence-corrected chi connectivity index (χ4v) is 4.61. The van der Waals surface area contributed by atoms with Crippen molar-refractivity contribution in [3.05, 3.63) is 54.2 Å². The Morgan fingerprint density at radius 3 is 2.63 bits per heavy atom. The minimum atomic E-state index is 0.802. The molecule has 0 aliphatic carbocycles. The first kappa shape index (κ1) is 16.5. The topological polar surface area (TPSA) is 54.0 Å². The molecule has 0 spiro atoms. The Kier molecular flexibility index (Phi) is 4.14. The molecule has 2 aromatic heterocycles. The number of ether oxygens (including phenoxy) is 1. The van der Waals surface area contributed by atoms with E-state index < -0.39 is 0 Å². The average molecular weight is 376 g/mol. The number of H-pyrrole nitrogens is 1. The first-order valence-electron chi connectivity index (χ1n) is 9.13. The van der Waals surface area contributed by atoms with Crippen LogP contribution in [0.2, 0.25) is 0 Å². The van der Waals surface area contributed by atoms with E-state index >= 15 is 0 Å². The van der Waals surface area contributed by atoms with E-state index in [1.165, 1.54) is 16.1 Å². The normalized spacial score (nSPS) is 14.8. The van der Waals surface area contributed by atoms with Gasteiger partial charge in [-0.3, -0.25) is 5.10 Å². The minimum Gasteiger partial charge on any atom is -0.378 e. The summed E-state index contributed by atoms with van der Waals surface area (Å²) in [5.41, 5.74) is 5.46. The summed E-state index contributed by atoms with van der Waals surface area (Å²) >= 11 is 1.70. The number of nitrogens with one attached hydrogen (secondary N) is 1. The average Bonchev–Trinajstić information content (AvgIpc) is 3.32. The molecule has 27 heavy (non-hydrogen) atoms. The van der Waals surface area contributed by atoms with Gasteiger partial charge in [-0.15, -0.1) is 11.3 Å². The number of hydrogen-bond donors (Lipinski definition) is 1. The lowest BCUT2D eigenvalue weighted by atomic mass is 10.1. The van der Waals surface area contributed by atoms with E-state index in [-0.39, 0.29) is 0 Å². The van der Waals surface area contributed by atoms with Gasteiger partial charge >= 0.3 is 0 Å². The lowest BCUT2D eigenvalue weighted by molar-refractivity contribution is 0.122. The number of benzene rings is 2. The maximum atomic E-state index is 5.44. The lowest BCUT2D eigenvalue weighted by Gasteiger charge is -2.28. The summed E-state index contributed by atoms with van der Waals surface area (Å²) in [6, 6.07) is 17.0. The van der Waals surface area contributed by atoms with Gasteiger partial charge in [0.2, 0.25) is 0 Å².